The van der Waals surface area contributed by atoms with E-state index in [4.69, 9.17) is 9.15 Å². The van der Waals surface area contributed by atoms with Gasteiger partial charge in [-0.3, -0.25) is 24.4 Å². The molecular formula is C39H59N5O9. The van der Waals surface area contributed by atoms with Gasteiger partial charge in [0.1, 0.15) is 30.2 Å². The number of aromatic nitrogens is 1. The van der Waals surface area contributed by atoms with Gasteiger partial charge < -0.3 is 30.2 Å². The number of rotatable bonds is 23. The van der Waals surface area contributed by atoms with Crippen LogP contribution in [-0.2, 0) is 23.9 Å². The Morgan fingerprint density at radius 1 is 1.00 bits per heavy atom. The number of para-hydroxylation sites is 1. The number of carbonyl (C=O) groups excluding carboxylic acids is 5. The minimum Gasteiger partial charge on any atom is -0.507 e. The van der Waals surface area contributed by atoms with Crippen LogP contribution in [0.1, 0.15) is 134 Å². The molecule has 0 aliphatic carbocycles. The highest BCUT2D eigenvalue weighted by molar-refractivity contribution is 5.95. The number of ether oxygens (including phenoxy) is 1. The molecule has 0 saturated carbocycles. The van der Waals surface area contributed by atoms with Crippen LogP contribution in [-0.4, -0.2) is 81.2 Å². The third kappa shape index (κ3) is 14.8. The van der Waals surface area contributed by atoms with Crippen molar-refractivity contribution in [3.63, 3.8) is 0 Å². The van der Waals surface area contributed by atoms with Crippen LogP contribution in [0.5, 0.6) is 5.75 Å². The molecule has 1 aromatic carbocycles. The zero-order valence-corrected chi connectivity index (χ0v) is 31.6. The van der Waals surface area contributed by atoms with Gasteiger partial charge in [0.25, 0.3) is 5.91 Å². The molecule has 294 valence electrons. The molecule has 1 aliphatic heterocycles. The van der Waals surface area contributed by atoms with Crippen molar-refractivity contribution in [3.05, 3.63) is 36.2 Å². The van der Waals surface area contributed by atoms with E-state index in [-0.39, 0.29) is 41.8 Å². The first-order valence-corrected chi connectivity index (χ1v) is 19.3. The van der Waals surface area contributed by atoms with Crippen LogP contribution in [0.15, 0.2) is 34.9 Å². The molecule has 2 heterocycles. The Labute approximate surface area is 312 Å². The van der Waals surface area contributed by atoms with E-state index in [2.05, 4.69) is 27.9 Å². The van der Waals surface area contributed by atoms with Crippen LogP contribution in [0.3, 0.4) is 0 Å². The van der Waals surface area contributed by atoms with Gasteiger partial charge in [0.05, 0.1) is 11.5 Å². The Balaban J connectivity index is 1.73. The molecule has 0 spiro atoms. The summed E-state index contributed by atoms with van der Waals surface area (Å²) in [5, 5.41) is 29.0. The van der Waals surface area contributed by atoms with Crippen molar-refractivity contribution in [2.24, 2.45) is 5.92 Å². The number of aromatic hydroxyl groups is 1. The molecule has 3 rings (SSSR count). The van der Waals surface area contributed by atoms with Gasteiger partial charge in [-0.2, -0.15) is 0 Å². The first kappa shape index (κ1) is 42.9. The van der Waals surface area contributed by atoms with Crippen molar-refractivity contribution in [2.45, 2.75) is 142 Å². The molecule has 4 atom stereocenters. The average molecular weight is 742 g/mol. The lowest BCUT2D eigenvalue weighted by Crippen LogP contribution is -2.50. The molecule has 0 radical (unpaired) electrons. The number of hydroxylamine groups is 2. The third-order valence-corrected chi connectivity index (χ3v) is 9.62. The summed E-state index contributed by atoms with van der Waals surface area (Å²) in [7, 11) is 0. The number of esters is 1. The number of nitrogens with one attached hydrogen (secondary N) is 3. The summed E-state index contributed by atoms with van der Waals surface area (Å²) in [6.45, 7) is 5.69. The van der Waals surface area contributed by atoms with Crippen molar-refractivity contribution in [1.82, 2.24) is 26.0 Å². The van der Waals surface area contributed by atoms with Crippen molar-refractivity contribution in [2.75, 3.05) is 13.1 Å². The van der Waals surface area contributed by atoms with E-state index < -0.39 is 47.8 Å². The number of unbranched alkanes of at least 4 members (excludes halogenated alkanes) is 9. The molecule has 1 saturated heterocycles. The average Bonchev–Trinajstić information content (AvgIpc) is 3.55. The van der Waals surface area contributed by atoms with Crippen LogP contribution in [0, 0.1) is 5.92 Å². The van der Waals surface area contributed by atoms with Crippen LogP contribution in [0.25, 0.3) is 11.5 Å². The molecule has 0 unspecified atom stereocenters. The van der Waals surface area contributed by atoms with Gasteiger partial charge in [-0.15, -0.1) is 0 Å². The number of carbonyl (C=O) groups is 5. The Hall–Kier alpha value is -4.46. The number of nitrogens with zero attached hydrogens (tertiary/aromatic N) is 2. The molecule has 14 nitrogen and oxygen atoms in total. The highest BCUT2D eigenvalue weighted by atomic mass is 16.5. The lowest BCUT2D eigenvalue weighted by Gasteiger charge is -2.27. The maximum absolute atomic E-state index is 13.9. The SMILES string of the molecule is CCCCCCCCCCC[C@@H](OC(=O)[C@@H](CCCCN(O)C(C)=O)NC(=O)c1coc(-c2ccccc2O)n1)[C@@H](C)C(=O)N[C@H]1CCCCNC1=O. The van der Waals surface area contributed by atoms with Crippen molar-refractivity contribution in [3.8, 4) is 17.2 Å². The fraction of sp³-hybridized carbons (Fsp3) is 0.641. The highest BCUT2D eigenvalue weighted by Gasteiger charge is 2.33. The van der Waals surface area contributed by atoms with Crippen molar-refractivity contribution in [1.29, 1.82) is 0 Å². The van der Waals surface area contributed by atoms with Crippen LogP contribution >= 0.6 is 0 Å². The Morgan fingerprint density at radius 2 is 1.68 bits per heavy atom. The normalized spacial score (nSPS) is 16.1. The summed E-state index contributed by atoms with van der Waals surface area (Å²) >= 11 is 0. The summed E-state index contributed by atoms with van der Waals surface area (Å²) in [6.07, 6.45) is 13.4. The maximum Gasteiger partial charge on any atom is 0.328 e. The molecule has 53 heavy (non-hydrogen) atoms. The molecule has 2 aromatic rings. The summed E-state index contributed by atoms with van der Waals surface area (Å²) in [5.74, 6) is -3.46. The zero-order chi connectivity index (χ0) is 38.6. The second-order valence-electron chi connectivity index (χ2n) is 13.9. The molecule has 0 bridgehead atoms. The van der Waals surface area contributed by atoms with E-state index >= 15 is 0 Å². The quantitative estimate of drug-likeness (QED) is 0.0401. The minimum absolute atomic E-state index is 0.0165. The van der Waals surface area contributed by atoms with Crippen LogP contribution in [0.2, 0.25) is 0 Å². The predicted molar refractivity (Wildman–Crippen MR) is 198 cm³/mol. The Morgan fingerprint density at radius 3 is 2.38 bits per heavy atom. The zero-order valence-electron chi connectivity index (χ0n) is 31.6. The largest absolute Gasteiger partial charge is 0.507 e. The van der Waals surface area contributed by atoms with Gasteiger partial charge in [0, 0.05) is 20.0 Å². The smallest absolute Gasteiger partial charge is 0.328 e. The number of oxazole rings is 1. The number of benzene rings is 1. The Bertz CT molecular complexity index is 1460. The number of amides is 4. The van der Waals surface area contributed by atoms with Crippen molar-refractivity contribution < 1.29 is 43.4 Å². The lowest BCUT2D eigenvalue weighted by molar-refractivity contribution is -0.163. The van der Waals surface area contributed by atoms with Crippen molar-refractivity contribution >= 4 is 29.6 Å². The van der Waals surface area contributed by atoms with Gasteiger partial charge in [-0.05, 0) is 63.5 Å². The number of phenolic OH excluding ortho intramolecular Hbond substituents is 1. The first-order chi connectivity index (χ1) is 25.5. The van der Waals surface area contributed by atoms with E-state index in [0.29, 0.717) is 37.3 Å². The summed E-state index contributed by atoms with van der Waals surface area (Å²) in [5.41, 5.74) is 0.161. The van der Waals surface area contributed by atoms with E-state index in [1.807, 2.05) is 0 Å². The molecule has 1 fully saturated rings. The van der Waals surface area contributed by atoms with E-state index in [0.717, 1.165) is 44.8 Å². The minimum atomic E-state index is -1.16. The van der Waals surface area contributed by atoms with Gasteiger partial charge in [-0.1, -0.05) is 77.3 Å². The third-order valence-electron chi connectivity index (χ3n) is 9.62. The fourth-order valence-corrected chi connectivity index (χ4v) is 6.25. The molecule has 1 aromatic heterocycles. The predicted octanol–water partition coefficient (Wildman–Crippen LogP) is 5.81. The van der Waals surface area contributed by atoms with E-state index in [1.165, 1.54) is 45.1 Å². The fourth-order valence-electron chi connectivity index (χ4n) is 6.25. The summed E-state index contributed by atoms with van der Waals surface area (Å²) < 4.78 is 11.5. The summed E-state index contributed by atoms with van der Waals surface area (Å²) in [4.78, 5) is 69.0. The lowest BCUT2D eigenvalue weighted by atomic mass is 9.96. The first-order valence-electron chi connectivity index (χ1n) is 19.3. The molecule has 1 aliphatic rings. The monoisotopic (exact) mass is 741 g/mol. The van der Waals surface area contributed by atoms with Gasteiger partial charge in [-0.25, -0.2) is 14.8 Å². The Kier molecular flexibility index (Phi) is 18.8. The van der Waals surface area contributed by atoms with Crippen LogP contribution < -0.4 is 16.0 Å². The van der Waals surface area contributed by atoms with Gasteiger partial charge >= 0.3 is 5.97 Å². The molecule has 5 N–H and O–H groups in total. The standard InChI is InChI=1S/C39H59N5O9/c1-4-5-6-7-8-9-10-11-12-23-34(27(2)35(47)41-30-20-15-17-24-40-36(30)48)53-39(50)31(21-16-18-25-44(51)28(3)45)42-37(49)32-26-52-38(43-32)29-19-13-14-22-33(29)46/h13-14,19,22,26-27,30-31,34,46,51H,4-12,15-18,20-21,23-25H2,1-3H3,(H,40,48)(H,41,47)(H,42,49)/t27-,30+,31-,34-/m1/s1. The van der Waals surface area contributed by atoms with Crippen LogP contribution in [0.4, 0.5) is 0 Å². The second kappa shape index (κ2) is 23.3. The van der Waals surface area contributed by atoms with Gasteiger partial charge in [0.2, 0.25) is 23.6 Å². The second-order valence-corrected chi connectivity index (χ2v) is 13.9. The van der Waals surface area contributed by atoms with E-state index in [1.54, 1.807) is 25.1 Å². The highest BCUT2D eigenvalue weighted by Crippen LogP contribution is 2.28. The van der Waals surface area contributed by atoms with Gasteiger partial charge in [0.15, 0.2) is 5.69 Å². The summed E-state index contributed by atoms with van der Waals surface area (Å²) in [6, 6.07) is 4.53. The number of hydrogen-bond acceptors (Lipinski definition) is 10. The van der Waals surface area contributed by atoms with E-state index in [9.17, 15) is 34.3 Å². The molecule has 14 heteroatoms. The number of phenols is 1. The maximum atomic E-state index is 13.9. The number of hydrogen-bond donors (Lipinski definition) is 5. The molecular weight excluding hydrogens is 682 g/mol. The molecule has 4 amide bonds. The topological polar surface area (TPSA) is 200 Å².